The zero-order valence-electron chi connectivity index (χ0n) is 32.9. The van der Waals surface area contributed by atoms with Gasteiger partial charge in [-0.2, -0.15) is 0 Å². The van der Waals surface area contributed by atoms with Gasteiger partial charge >= 0.3 is 5.97 Å². The number of amides is 1. The topological polar surface area (TPSA) is 115 Å². The normalized spacial score (nSPS) is 38.6. The molecule has 5 fully saturated rings. The summed E-state index contributed by atoms with van der Waals surface area (Å²) in [7, 11) is 0. The number of benzene rings is 2. The van der Waals surface area contributed by atoms with Crippen LogP contribution >= 0.6 is 0 Å². The average molecular weight is 720 g/mol. The number of aliphatic hydroxyl groups is 1. The lowest BCUT2D eigenvalue weighted by Crippen LogP contribution is -2.67. The molecule has 5 aliphatic carbocycles. The van der Waals surface area contributed by atoms with Crippen molar-refractivity contribution in [2.75, 3.05) is 6.54 Å². The van der Waals surface area contributed by atoms with Crippen LogP contribution in [0.1, 0.15) is 122 Å². The molecule has 1 aromatic heterocycles. The molecular weight excluding hydrogens is 659 g/mol. The van der Waals surface area contributed by atoms with Crippen molar-refractivity contribution in [1.82, 2.24) is 15.3 Å². The van der Waals surface area contributed by atoms with Gasteiger partial charge in [-0.25, -0.2) is 9.78 Å². The summed E-state index contributed by atoms with van der Waals surface area (Å²) in [5, 5.41) is 24.0. The molecule has 5 aliphatic rings. The number of fused-ring (bicyclic) bond motifs is 8. The van der Waals surface area contributed by atoms with Crippen LogP contribution in [0.3, 0.4) is 0 Å². The van der Waals surface area contributed by atoms with Gasteiger partial charge in [0.05, 0.1) is 28.1 Å². The smallest absolute Gasteiger partial charge is 0.335 e. The minimum atomic E-state index is -0.961. The van der Waals surface area contributed by atoms with Gasteiger partial charge in [0.15, 0.2) is 0 Å². The molecule has 1 heterocycles. The van der Waals surface area contributed by atoms with Crippen LogP contribution in [-0.4, -0.2) is 44.7 Å². The highest BCUT2D eigenvalue weighted by atomic mass is 16.4. The second kappa shape index (κ2) is 12.5. The third-order valence-electron chi connectivity index (χ3n) is 17.1. The third-order valence-corrected chi connectivity index (χ3v) is 17.1. The number of aliphatic hydroxyl groups excluding tert-OH is 1. The molecule has 7 heteroatoms. The standard InChI is InChI=1S/C46H61N3O4/c1-27(2)31-15-21-46(41(53)47-24-18-28-9-8-10-29(25-28)39-48-33-13-11-30(40(51)52)26-34(33)49-39)23-22-44(6)32(38(31)46)12-14-36-43(5)19-17-37(50)42(3,4)35(43)16-20-45(36,44)7/h8-11,13,25-26,31-32,35-38,50H,1,12,14-24H2,2-7H3,(H,47,53)(H,48,49)(H,51,52)/t31-,32?,35?,36?,37-,38?,43-,44+,45+,46-/m0/s1. The number of aromatic carboxylic acids is 1. The second-order valence-electron chi connectivity index (χ2n) is 19.5. The first-order valence-electron chi connectivity index (χ1n) is 20.5. The van der Waals surface area contributed by atoms with Crippen LogP contribution in [0.25, 0.3) is 22.4 Å². The van der Waals surface area contributed by atoms with Crippen LogP contribution < -0.4 is 5.32 Å². The van der Waals surface area contributed by atoms with Crippen molar-refractivity contribution in [3.63, 3.8) is 0 Å². The molecule has 0 saturated heterocycles. The molecular formula is C46H61N3O4. The van der Waals surface area contributed by atoms with E-state index >= 15 is 0 Å². The molecule has 10 atom stereocenters. The van der Waals surface area contributed by atoms with Gasteiger partial charge in [-0.1, -0.05) is 65.0 Å². The number of aromatic nitrogens is 2. The maximum Gasteiger partial charge on any atom is 0.335 e. The maximum absolute atomic E-state index is 14.7. The van der Waals surface area contributed by atoms with E-state index in [0.717, 1.165) is 61.6 Å². The molecule has 4 unspecified atom stereocenters. The Balaban J connectivity index is 1.01. The van der Waals surface area contributed by atoms with Crippen LogP contribution in [0.2, 0.25) is 0 Å². The van der Waals surface area contributed by atoms with E-state index in [-0.39, 0.29) is 44.6 Å². The molecule has 0 spiro atoms. The predicted octanol–water partition coefficient (Wildman–Crippen LogP) is 9.61. The van der Waals surface area contributed by atoms with Gasteiger partial charge < -0.3 is 20.5 Å². The maximum atomic E-state index is 14.7. The Morgan fingerprint density at radius 1 is 0.906 bits per heavy atom. The summed E-state index contributed by atoms with van der Waals surface area (Å²) in [5.74, 6) is 2.39. The molecule has 1 amide bonds. The SMILES string of the molecule is C=C(C)[C@@H]1CC[C@]2(C(=O)NCCc3cccc(-c4nc5ccc(C(=O)O)cc5[nH]4)c3)CC[C@]3(C)C(CCC4[C@@]5(C)CC[C@H](O)C(C)(C)C5CC[C@]43C)C12. The molecule has 53 heavy (non-hydrogen) atoms. The van der Waals surface area contributed by atoms with Crippen LogP contribution in [0.5, 0.6) is 0 Å². The third kappa shape index (κ3) is 5.33. The highest BCUT2D eigenvalue weighted by molar-refractivity contribution is 5.93. The Hall–Kier alpha value is -3.45. The van der Waals surface area contributed by atoms with E-state index < -0.39 is 5.97 Å². The Morgan fingerprint density at radius 3 is 2.45 bits per heavy atom. The summed E-state index contributed by atoms with van der Waals surface area (Å²) in [4.78, 5) is 34.2. The number of carbonyl (C=O) groups is 2. The summed E-state index contributed by atoms with van der Waals surface area (Å²) in [6.45, 7) is 19.9. The van der Waals surface area contributed by atoms with Crippen LogP contribution in [-0.2, 0) is 11.2 Å². The van der Waals surface area contributed by atoms with Crippen LogP contribution in [0.15, 0.2) is 54.6 Å². The number of allylic oxidation sites excluding steroid dienone is 1. The predicted molar refractivity (Wildman–Crippen MR) is 210 cm³/mol. The molecule has 8 rings (SSSR count). The van der Waals surface area contributed by atoms with E-state index in [1.165, 1.54) is 31.3 Å². The number of hydrogen-bond acceptors (Lipinski definition) is 4. The Bertz CT molecular complexity index is 1960. The molecule has 4 N–H and O–H groups in total. The number of carboxylic acids is 1. The van der Waals surface area contributed by atoms with Crippen molar-refractivity contribution in [3.8, 4) is 11.4 Å². The summed E-state index contributed by atoms with van der Waals surface area (Å²) >= 11 is 0. The van der Waals surface area contributed by atoms with Crippen molar-refractivity contribution in [2.24, 2.45) is 56.7 Å². The van der Waals surface area contributed by atoms with E-state index in [1.54, 1.807) is 18.2 Å². The first kappa shape index (κ1) is 36.5. The molecule has 5 saturated carbocycles. The Labute approximate surface area is 315 Å². The largest absolute Gasteiger partial charge is 0.478 e. The average Bonchev–Trinajstić information content (AvgIpc) is 3.73. The number of carboxylic acid groups (broad SMARTS) is 1. The highest BCUT2D eigenvalue weighted by Crippen LogP contribution is 2.77. The lowest BCUT2D eigenvalue weighted by Gasteiger charge is -2.72. The highest BCUT2D eigenvalue weighted by Gasteiger charge is 2.71. The monoisotopic (exact) mass is 719 g/mol. The molecule has 7 nitrogen and oxygen atoms in total. The fraction of sp³-hybridized carbons (Fsp3) is 0.630. The zero-order valence-corrected chi connectivity index (χ0v) is 32.9. The molecule has 284 valence electrons. The molecule has 3 aromatic rings. The molecule has 0 aliphatic heterocycles. The van der Waals surface area contributed by atoms with Crippen LogP contribution in [0, 0.1) is 56.7 Å². The van der Waals surface area contributed by atoms with Crippen molar-refractivity contribution in [2.45, 2.75) is 118 Å². The number of imidazole rings is 1. The summed E-state index contributed by atoms with van der Waals surface area (Å²) in [5.41, 5.74) is 5.19. The van der Waals surface area contributed by atoms with Crippen molar-refractivity contribution >= 4 is 22.9 Å². The minimum absolute atomic E-state index is 0.0506. The van der Waals surface area contributed by atoms with Gasteiger partial charge in [0, 0.05) is 12.1 Å². The molecule has 0 bridgehead atoms. The van der Waals surface area contributed by atoms with E-state index in [0.29, 0.717) is 47.5 Å². The fourth-order valence-corrected chi connectivity index (χ4v) is 14.2. The fourth-order valence-electron chi connectivity index (χ4n) is 14.2. The van der Waals surface area contributed by atoms with Crippen molar-refractivity contribution < 1.29 is 19.8 Å². The number of nitrogens with zero attached hydrogens (tertiary/aromatic N) is 1. The van der Waals surface area contributed by atoms with E-state index in [2.05, 4.69) is 70.6 Å². The lowest BCUT2D eigenvalue weighted by molar-refractivity contribution is -0.246. The number of nitrogens with one attached hydrogen (secondary N) is 2. The number of aromatic amines is 1. The Kier molecular flexibility index (Phi) is 8.64. The van der Waals surface area contributed by atoms with Crippen molar-refractivity contribution in [1.29, 1.82) is 0 Å². The zero-order chi connectivity index (χ0) is 37.7. The summed E-state index contributed by atoms with van der Waals surface area (Å²) < 4.78 is 0. The quantitative estimate of drug-likeness (QED) is 0.182. The summed E-state index contributed by atoms with van der Waals surface area (Å²) in [6.07, 6.45) is 11.5. The first-order chi connectivity index (χ1) is 25.0. The number of H-pyrrole nitrogens is 1. The van der Waals surface area contributed by atoms with Crippen molar-refractivity contribution in [3.05, 3.63) is 65.7 Å². The van der Waals surface area contributed by atoms with Crippen LogP contribution in [0.4, 0.5) is 0 Å². The van der Waals surface area contributed by atoms with Gasteiger partial charge in [0.2, 0.25) is 5.91 Å². The number of hydrogen-bond donors (Lipinski definition) is 4. The second-order valence-corrected chi connectivity index (χ2v) is 19.5. The van der Waals surface area contributed by atoms with E-state index in [1.807, 2.05) is 12.1 Å². The van der Waals surface area contributed by atoms with Gasteiger partial charge in [0.25, 0.3) is 0 Å². The number of rotatable bonds is 7. The van der Waals surface area contributed by atoms with Gasteiger partial charge in [0.1, 0.15) is 5.82 Å². The van der Waals surface area contributed by atoms with Gasteiger partial charge in [-0.15, -0.1) is 0 Å². The van der Waals surface area contributed by atoms with E-state index in [9.17, 15) is 19.8 Å². The van der Waals surface area contributed by atoms with E-state index in [4.69, 9.17) is 4.98 Å². The van der Waals surface area contributed by atoms with Gasteiger partial charge in [-0.05, 0) is 159 Å². The molecule has 0 radical (unpaired) electrons. The minimum Gasteiger partial charge on any atom is -0.478 e. The Morgan fingerprint density at radius 2 is 1.70 bits per heavy atom. The summed E-state index contributed by atoms with van der Waals surface area (Å²) in [6, 6.07) is 13.2. The molecule has 2 aromatic carbocycles. The lowest BCUT2D eigenvalue weighted by atomic mass is 9.32. The van der Waals surface area contributed by atoms with Gasteiger partial charge in [-0.3, -0.25) is 4.79 Å². The number of carbonyl (C=O) groups excluding carboxylic acids is 1. The first-order valence-corrected chi connectivity index (χ1v) is 20.5.